The van der Waals surface area contributed by atoms with Crippen LogP contribution in [0.15, 0.2) is 194 Å². The quantitative estimate of drug-likeness (QED) is 0.170. The molecular formula is C54H41NS. The summed E-state index contributed by atoms with van der Waals surface area (Å²) >= 11 is 1.91. The van der Waals surface area contributed by atoms with Crippen LogP contribution in [0.3, 0.4) is 0 Å². The van der Waals surface area contributed by atoms with Gasteiger partial charge in [0.15, 0.2) is 0 Å². The molecule has 2 aliphatic carbocycles. The average Bonchev–Trinajstić information content (AvgIpc) is 3.69. The topological polar surface area (TPSA) is 3.24 Å². The van der Waals surface area contributed by atoms with Crippen LogP contribution in [0.4, 0.5) is 11.4 Å². The fraction of sp³-hybridized carbons (Fsp3) is 0.111. The lowest BCUT2D eigenvalue weighted by Crippen LogP contribution is -2.36. The van der Waals surface area contributed by atoms with E-state index in [1.807, 2.05) is 11.3 Å². The summed E-state index contributed by atoms with van der Waals surface area (Å²) in [5.41, 5.74) is 11.2. The van der Waals surface area contributed by atoms with Gasteiger partial charge < -0.3 is 4.90 Å². The van der Waals surface area contributed by atoms with E-state index >= 15 is 0 Å². The van der Waals surface area contributed by atoms with Crippen LogP contribution in [-0.4, -0.2) is 0 Å². The van der Waals surface area contributed by atoms with Gasteiger partial charge >= 0.3 is 0 Å². The number of benzene rings is 8. The minimum absolute atomic E-state index is 0.0759. The number of thiophene rings is 1. The highest BCUT2D eigenvalue weighted by molar-refractivity contribution is 7.26. The average molecular weight is 736 g/mol. The Morgan fingerprint density at radius 1 is 0.536 bits per heavy atom. The van der Waals surface area contributed by atoms with Gasteiger partial charge in [0.1, 0.15) is 0 Å². The Bertz CT molecular complexity index is 3060. The Morgan fingerprint density at radius 2 is 1.11 bits per heavy atom. The Kier molecular flexibility index (Phi) is 7.34. The van der Waals surface area contributed by atoms with E-state index in [2.05, 4.69) is 214 Å². The van der Waals surface area contributed by atoms with Gasteiger partial charge in [-0.3, -0.25) is 0 Å². The van der Waals surface area contributed by atoms with Gasteiger partial charge in [-0.15, -0.1) is 11.3 Å². The maximum Gasteiger partial charge on any atom is 0.0555 e. The van der Waals surface area contributed by atoms with Gasteiger partial charge in [-0.25, -0.2) is 0 Å². The van der Waals surface area contributed by atoms with Crippen LogP contribution < -0.4 is 4.90 Å². The van der Waals surface area contributed by atoms with Crippen molar-refractivity contribution < 1.29 is 0 Å². The van der Waals surface area contributed by atoms with E-state index in [9.17, 15) is 0 Å². The summed E-state index contributed by atoms with van der Waals surface area (Å²) in [7, 11) is 0. The van der Waals surface area contributed by atoms with Gasteiger partial charge in [0, 0.05) is 42.9 Å². The molecule has 0 bridgehead atoms. The molecule has 2 atom stereocenters. The molecule has 2 aliphatic rings. The van der Waals surface area contributed by atoms with Crippen molar-refractivity contribution in [3.63, 3.8) is 0 Å². The van der Waals surface area contributed by atoms with E-state index in [1.54, 1.807) is 0 Å². The van der Waals surface area contributed by atoms with E-state index in [1.165, 1.54) is 86.5 Å². The predicted molar refractivity (Wildman–Crippen MR) is 241 cm³/mol. The molecule has 9 aromatic rings. The maximum atomic E-state index is 2.59. The van der Waals surface area contributed by atoms with Crippen molar-refractivity contribution >= 4 is 64.4 Å². The second kappa shape index (κ2) is 12.4. The third kappa shape index (κ3) is 4.99. The monoisotopic (exact) mass is 735 g/mol. The second-order valence-corrected chi connectivity index (χ2v) is 17.5. The van der Waals surface area contributed by atoms with Crippen LogP contribution in [0.25, 0.3) is 64.0 Å². The van der Waals surface area contributed by atoms with Crippen LogP contribution in [-0.2, 0) is 10.8 Å². The number of hydrogen-bond donors (Lipinski definition) is 0. The lowest BCUT2D eigenvalue weighted by Gasteiger charge is -2.40. The molecule has 1 heterocycles. The van der Waals surface area contributed by atoms with Crippen LogP contribution in [0.1, 0.15) is 31.9 Å². The zero-order valence-corrected chi connectivity index (χ0v) is 32.6. The largest absolute Gasteiger partial charge is 0.310 e. The summed E-state index contributed by atoms with van der Waals surface area (Å²) in [5, 5.41) is 7.76. The normalized spacial score (nSPS) is 18.3. The van der Waals surface area contributed by atoms with Gasteiger partial charge in [-0.2, -0.15) is 0 Å². The molecule has 0 aliphatic heterocycles. The number of anilines is 2. The summed E-state index contributed by atoms with van der Waals surface area (Å²) in [4.78, 5) is 2.54. The van der Waals surface area contributed by atoms with E-state index in [4.69, 9.17) is 0 Å². The minimum Gasteiger partial charge on any atom is -0.310 e. The summed E-state index contributed by atoms with van der Waals surface area (Å²) in [6.07, 6.45) is 7.51. The molecule has 56 heavy (non-hydrogen) atoms. The minimum atomic E-state index is -0.129. The van der Waals surface area contributed by atoms with Crippen LogP contribution in [0.2, 0.25) is 0 Å². The van der Waals surface area contributed by atoms with Crippen molar-refractivity contribution in [3.8, 4) is 22.3 Å². The number of rotatable bonds is 5. The molecule has 0 saturated carbocycles. The van der Waals surface area contributed by atoms with E-state index < -0.39 is 0 Å². The maximum absolute atomic E-state index is 2.59. The van der Waals surface area contributed by atoms with Crippen molar-refractivity contribution in [1.29, 1.82) is 0 Å². The van der Waals surface area contributed by atoms with Crippen molar-refractivity contribution in [2.45, 2.75) is 31.6 Å². The van der Waals surface area contributed by atoms with Crippen molar-refractivity contribution in [2.75, 3.05) is 4.90 Å². The number of fused-ring (bicyclic) bond motifs is 8. The highest BCUT2D eigenvalue weighted by Gasteiger charge is 2.52. The molecule has 1 aromatic heterocycles. The molecule has 2 unspecified atom stereocenters. The molecule has 268 valence electrons. The van der Waals surface area contributed by atoms with Crippen LogP contribution in [0.5, 0.6) is 0 Å². The summed E-state index contributed by atoms with van der Waals surface area (Å²) in [6, 6.07) is 62.8. The Labute approximate surface area is 332 Å². The first-order chi connectivity index (χ1) is 27.4. The zero-order chi connectivity index (χ0) is 37.6. The van der Waals surface area contributed by atoms with E-state index in [0.717, 1.165) is 5.69 Å². The highest BCUT2D eigenvalue weighted by atomic mass is 32.1. The molecule has 2 heteroatoms. The van der Waals surface area contributed by atoms with Gasteiger partial charge in [0.05, 0.1) is 5.69 Å². The predicted octanol–water partition coefficient (Wildman–Crippen LogP) is 15.2. The third-order valence-corrected chi connectivity index (χ3v) is 14.0. The molecule has 0 radical (unpaired) electrons. The van der Waals surface area contributed by atoms with E-state index in [-0.39, 0.29) is 16.7 Å². The zero-order valence-electron chi connectivity index (χ0n) is 31.8. The summed E-state index contributed by atoms with van der Waals surface area (Å²) in [5.74, 6) is 0.259. The first-order valence-electron chi connectivity index (χ1n) is 19.7. The van der Waals surface area contributed by atoms with Crippen LogP contribution in [0, 0.1) is 5.92 Å². The third-order valence-electron chi connectivity index (χ3n) is 12.8. The number of allylic oxidation sites excluding steroid dienone is 3. The molecule has 0 N–H and O–H groups in total. The van der Waals surface area contributed by atoms with Crippen LogP contribution >= 0.6 is 11.3 Å². The fourth-order valence-electron chi connectivity index (χ4n) is 9.95. The molecule has 0 amide bonds. The Hall–Kier alpha value is -6.22. The Morgan fingerprint density at radius 3 is 1.79 bits per heavy atom. The first-order valence-corrected chi connectivity index (χ1v) is 20.5. The lowest BCUT2D eigenvalue weighted by molar-refractivity contribution is 0.322. The molecule has 0 spiro atoms. The summed E-state index contributed by atoms with van der Waals surface area (Å²) in [6.45, 7) is 7.35. The second-order valence-electron chi connectivity index (χ2n) is 16.4. The van der Waals surface area contributed by atoms with Gasteiger partial charge in [-0.05, 0) is 103 Å². The smallest absolute Gasteiger partial charge is 0.0555 e. The molecule has 8 aromatic carbocycles. The van der Waals surface area contributed by atoms with Gasteiger partial charge in [-0.1, -0.05) is 166 Å². The summed E-state index contributed by atoms with van der Waals surface area (Å²) < 4.78 is 2.62. The van der Waals surface area contributed by atoms with E-state index in [0.29, 0.717) is 0 Å². The van der Waals surface area contributed by atoms with Crippen molar-refractivity contribution in [1.82, 2.24) is 0 Å². The molecule has 0 saturated heterocycles. The van der Waals surface area contributed by atoms with Gasteiger partial charge in [0.2, 0.25) is 0 Å². The Balaban J connectivity index is 1.16. The molecule has 1 nitrogen and oxygen atoms in total. The SMILES string of the molecule is CC1(C)c2cc3ccccc3cc2C2(C)C=CC(N(c3ccc(-c4ccccc4)cc3)c3ccc(-c4ccccc4)c4sc5cc6ccccc6cc5c34)=CC12. The number of hydrogen-bond acceptors (Lipinski definition) is 2. The molecular weight excluding hydrogens is 695 g/mol. The standard InChI is InChI=1S/C54H41NS/c1-53(2)46-31-39-19-11-12-20-40(39)32-47(46)54(3)29-28-43(34-50(53)54)55(42-24-22-36(23-25-42)35-14-6-4-7-15-35)48-27-26-44(37-16-8-5-9-17-37)52-51(48)45-30-38-18-10-13-21-41(38)33-49(45)56-52/h4-34,50H,1-3H3. The first kappa shape index (κ1) is 33.1. The fourth-order valence-corrected chi connectivity index (χ4v) is 11.2. The highest BCUT2D eigenvalue weighted by Crippen LogP contribution is 2.59. The van der Waals surface area contributed by atoms with Crippen molar-refractivity contribution in [2.24, 2.45) is 5.92 Å². The molecule has 11 rings (SSSR count). The lowest BCUT2D eigenvalue weighted by atomic mass is 9.66. The molecule has 0 fully saturated rings. The van der Waals surface area contributed by atoms with Crippen molar-refractivity contribution in [3.05, 3.63) is 205 Å². The van der Waals surface area contributed by atoms with Gasteiger partial charge in [0.25, 0.3) is 0 Å². The number of nitrogens with zero attached hydrogens (tertiary/aromatic N) is 1.